The van der Waals surface area contributed by atoms with Gasteiger partial charge in [0, 0.05) is 22.8 Å². The van der Waals surface area contributed by atoms with Gasteiger partial charge < -0.3 is 25.2 Å². The monoisotopic (exact) mass is 492 g/mol. The highest BCUT2D eigenvalue weighted by atomic mass is 16.5. The molecule has 1 heterocycles. The first-order valence-corrected chi connectivity index (χ1v) is 12.2. The van der Waals surface area contributed by atoms with Crippen LogP contribution in [0.25, 0.3) is 0 Å². The van der Waals surface area contributed by atoms with Crippen molar-refractivity contribution in [2.24, 2.45) is 0 Å². The third-order valence-electron chi connectivity index (χ3n) is 6.33. The number of aromatic hydroxyl groups is 4. The standard InChI is InChI=1S/C30H36O6/c1-17(2)7-6-8-19(5)10-13-22-28(34)23(12-9-18(3)4)30-27(29(22)35)25(33)16-26(36-30)21-14-11-20(31)15-24(21)32/h7,9-11,14-15,26,31-32,34-35H,6,8,12-13,16H2,1-5H3. The van der Waals surface area contributed by atoms with Gasteiger partial charge in [0.05, 0.1) is 6.42 Å². The number of ether oxygens (including phenoxy) is 1. The maximum absolute atomic E-state index is 13.3. The Labute approximate surface area is 212 Å². The largest absolute Gasteiger partial charge is 0.508 e. The Hall–Kier alpha value is -3.67. The van der Waals surface area contributed by atoms with Crippen LogP contribution < -0.4 is 4.74 Å². The van der Waals surface area contributed by atoms with Crippen LogP contribution in [-0.4, -0.2) is 26.2 Å². The van der Waals surface area contributed by atoms with Gasteiger partial charge in [-0.25, -0.2) is 0 Å². The third-order valence-corrected chi connectivity index (χ3v) is 6.33. The normalized spacial score (nSPS) is 15.2. The fraction of sp³-hybridized carbons (Fsp3) is 0.367. The van der Waals surface area contributed by atoms with Gasteiger partial charge in [0.1, 0.15) is 40.4 Å². The minimum absolute atomic E-state index is 0.0602. The van der Waals surface area contributed by atoms with Crippen LogP contribution in [0.4, 0.5) is 0 Å². The number of carbonyl (C=O) groups excluding carboxylic acids is 1. The van der Waals surface area contributed by atoms with E-state index in [1.54, 1.807) is 0 Å². The summed E-state index contributed by atoms with van der Waals surface area (Å²) in [6.45, 7) is 10.0. The van der Waals surface area contributed by atoms with Crippen molar-refractivity contribution in [1.82, 2.24) is 0 Å². The van der Waals surface area contributed by atoms with E-state index in [0.717, 1.165) is 24.0 Å². The molecular formula is C30H36O6. The number of allylic oxidation sites excluding steroid dienone is 6. The van der Waals surface area contributed by atoms with E-state index in [2.05, 4.69) is 19.9 Å². The van der Waals surface area contributed by atoms with Crippen LogP contribution in [0.3, 0.4) is 0 Å². The Balaban J connectivity index is 2.05. The fourth-order valence-corrected chi connectivity index (χ4v) is 4.29. The topological polar surface area (TPSA) is 107 Å². The average molecular weight is 493 g/mol. The third kappa shape index (κ3) is 6.11. The summed E-state index contributed by atoms with van der Waals surface area (Å²) in [5, 5.41) is 42.3. The number of benzene rings is 2. The summed E-state index contributed by atoms with van der Waals surface area (Å²) in [5.41, 5.74) is 4.54. The number of carbonyl (C=O) groups is 1. The fourth-order valence-electron chi connectivity index (χ4n) is 4.29. The molecule has 0 saturated carbocycles. The van der Waals surface area contributed by atoms with Crippen molar-refractivity contribution in [2.45, 2.75) is 72.8 Å². The van der Waals surface area contributed by atoms with E-state index in [9.17, 15) is 25.2 Å². The lowest BCUT2D eigenvalue weighted by Gasteiger charge is -2.29. The van der Waals surface area contributed by atoms with Crippen molar-refractivity contribution in [1.29, 1.82) is 0 Å². The summed E-state index contributed by atoms with van der Waals surface area (Å²) in [6.07, 6.45) is 7.51. The molecule has 3 rings (SSSR count). The van der Waals surface area contributed by atoms with E-state index in [0.29, 0.717) is 23.1 Å². The smallest absolute Gasteiger partial charge is 0.174 e. The molecule has 6 heteroatoms. The molecule has 2 aromatic rings. The van der Waals surface area contributed by atoms with Crippen molar-refractivity contribution < 1.29 is 30.0 Å². The predicted molar refractivity (Wildman–Crippen MR) is 141 cm³/mol. The van der Waals surface area contributed by atoms with Crippen LogP contribution in [0.15, 0.2) is 53.1 Å². The van der Waals surface area contributed by atoms with Gasteiger partial charge in [-0.3, -0.25) is 4.79 Å². The Morgan fingerprint density at radius 2 is 1.58 bits per heavy atom. The Morgan fingerprint density at radius 3 is 2.22 bits per heavy atom. The highest BCUT2D eigenvalue weighted by Gasteiger charge is 2.36. The van der Waals surface area contributed by atoms with E-state index in [4.69, 9.17) is 4.74 Å². The molecule has 192 valence electrons. The van der Waals surface area contributed by atoms with Crippen LogP contribution in [0.1, 0.15) is 87.0 Å². The van der Waals surface area contributed by atoms with Crippen LogP contribution in [0.5, 0.6) is 28.7 Å². The lowest BCUT2D eigenvalue weighted by atomic mass is 9.88. The quantitative estimate of drug-likeness (QED) is 0.297. The van der Waals surface area contributed by atoms with Crippen molar-refractivity contribution in [2.75, 3.05) is 0 Å². The highest BCUT2D eigenvalue weighted by molar-refractivity contribution is 6.04. The maximum atomic E-state index is 13.3. The first-order valence-electron chi connectivity index (χ1n) is 12.2. The average Bonchev–Trinajstić information content (AvgIpc) is 2.77. The first kappa shape index (κ1) is 26.9. The molecule has 1 atom stereocenters. The van der Waals surface area contributed by atoms with E-state index < -0.39 is 6.10 Å². The number of phenols is 4. The lowest BCUT2D eigenvalue weighted by Crippen LogP contribution is -2.22. The molecule has 6 nitrogen and oxygen atoms in total. The number of fused-ring (bicyclic) bond motifs is 1. The van der Waals surface area contributed by atoms with Gasteiger partial charge in [0.25, 0.3) is 0 Å². The predicted octanol–water partition coefficient (Wildman–Crippen LogP) is 6.96. The van der Waals surface area contributed by atoms with E-state index in [-0.39, 0.29) is 52.9 Å². The van der Waals surface area contributed by atoms with Gasteiger partial charge in [-0.05, 0) is 72.4 Å². The van der Waals surface area contributed by atoms with Gasteiger partial charge in [-0.15, -0.1) is 0 Å². The molecule has 0 radical (unpaired) electrons. The number of ketones is 1. The van der Waals surface area contributed by atoms with Crippen molar-refractivity contribution in [3.05, 3.63) is 75.4 Å². The molecule has 0 aliphatic carbocycles. The van der Waals surface area contributed by atoms with Crippen molar-refractivity contribution in [3.8, 4) is 28.7 Å². The molecule has 2 aromatic carbocycles. The zero-order chi connectivity index (χ0) is 26.6. The highest BCUT2D eigenvalue weighted by Crippen LogP contribution is 2.49. The minimum atomic E-state index is -0.821. The van der Waals surface area contributed by atoms with E-state index >= 15 is 0 Å². The van der Waals surface area contributed by atoms with E-state index in [1.807, 2.05) is 32.9 Å². The summed E-state index contributed by atoms with van der Waals surface area (Å²) in [4.78, 5) is 13.3. The van der Waals surface area contributed by atoms with Crippen LogP contribution in [0.2, 0.25) is 0 Å². The Bertz CT molecular complexity index is 1240. The summed E-state index contributed by atoms with van der Waals surface area (Å²) in [7, 11) is 0. The summed E-state index contributed by atoms with van der Waals surface area (Å²) < 4.78 is 6.16. The molecule has 1 unspecified atom stereocenters. The zero-order valence-corrected chi connectivity index (χ0v) is 21.7. The second kappa shape index (κ2) is 11.4. The van der Waals surface area contributed by atoms with Gasteiger partial charge in [-0.1, -0.05) is 34.9 Å². The SMILES string of the molecule is CC(C)=CCCC(C)=CCc1c(O)c(CC=C(C)C)c2c(c1O)C(=O)CC(c1ccc(O)cc1O)O2. The maximum Gasteiger partial charge on any atom is 0.174 e. The number of Topliss-reactive ketones (excluding diaryl/α,β-unsaturated/α-hetero) is 1. The van der Waals surface area contributed by atoms with Crippen molar-refractivity contribution >= 4 is 5.78 Å². The molecule has 0 aromatic heterocycles. The lowest BCUT2D eigenvalue weighted by molar-refractivity contribution is 0.0839. The number of hydrogen-bond donors (Lipinski definition) is 4. The zero-order valence-electron chi connectivity index (χ0n) is 21.7. The number of hydrogen-bond acceptors (Lipinski definition) is 6. The molecule has 1 aliphatic heterocycles. The number of phenolic OH excluding ortho intramolecular Hbond substituents is 4. The van der Waals surface area contributed by atoms with Gasteiger partial charge in [-0.2, -0.15) is 0 Å². The molecule has 1 aliphatic rings. The van der Waals surface area contributed by atoms with Gasteiger partial charge >= 0.3 is 0 Å². The summed E-state index contributed by atoms with van der Waals surface area (Å²) >= 11 is 0. The van der Waals surface area contributed by atoms with Crippen LogP contribution >= 0.6 is 0 Å². The van der Waals surface area contributed by atoms with Crippen LogP contribution in [-0.2, 0) is 12.8 Å². The molecule has 0 bridgehead atoms. The second-order valence-electron chi connectivity index (χ2n) is 9.90. The molecule has 0 saturated heterocycles. The van der Waals surface area contributed by atoms with Gasteiger partial charge in [0.2, 0.25) is 0 Å². The summed E-state index contributed by atoms with van der Waals surface area (Å²) in [5.74, 6) is -0.872. The summed E-state index contributed by atoms with van der Waals surface area (Å²) in [6, 6.07) is 4.10. The molecular weight excluding hydrogens is 456 g/mol. The first-order chi connectivity index (χ1) is 17.0. The molecule has 0 fully saturated rings. The molecule has 36 heavy (non-hydrogen) atoms. The van der Waals surface area contributed by atoms with Gasteiger partial charge in [0.15, 0.2) is 5.78 Å². The Kier molecular flexibility index (Phi) is 8.51. The molecule has 0 spiro atoms. The Morgan fingerprint density at radius 1 is 0.917 bits per heavy atom. The number of rotatable bonds is 8. The second-order valence-corrected chi connectivity index (χ2v) is 9.90. The minimum Gasteiger partial charge on any atom is -0.508 e. The van der Waals surface area contributed by atoms with Crippen LogP contribution in [0, 0.1) is 0 Å². The molecule has 4 N–H and O–H groups in total. The molecule has 0 amide bonds. The van der Waals surface area contributed by atoms with Crippen molar-refractivity contribution in [3.63, 3.8) is 0 Å². The van der Waals surface area contributed by atoms with E-state index in [1.165, 1.54) is 23.8 Å².